The predicted octanol–water partition coefficient (Wildman–Crippen LogP) is 3.40. The fraction of sp³-hybridized carbons (Fsp3) is 0.440. The Morgan fingerprint density at radius 3 is 2.72 bits per heavy atom. The summed E-state index contributed by atoms with van der Waals surface area (Å²) in [6.07, 6.45) is 0.303. The monoisotopic (exact) mass is 539 g/mol. The molecule has 3 unspecified atom stereocenters. The number of carbonyl (C=O) groups excluding carboxylic acids is 2. The van der Waals surface area contributed by atoms with Crippen LogP contribution >= 0.6 is 23.2 Å². The fourth-order valence-corrected chi connectivity index (χ4v) is 4.28. The number of carbonyl (C=O) groups is 2. The molecule has 2 aliphatic rings. The molecule has 2 aromatic carbocycles. The van der Waals surface area contributed by atoms with Crippen LogP contribution in [-0.2, 0) is 14.3 Å². The van der Waals surface area contributed by atoms with Crippen LogP contribution in [0.25, 0.3) is 0 Å². The molecule has 11 heteroatoms. The van der Waals surface area contributed by atoms with Crippen LogP contribution in [0.15, 0.2) is 36.4 Å². The van der Waals surface area contributed by atoms with Crippen molar-refractivity contribution in [2.75, 3.05) is 26.4 Å². The van der Waals surface area contributed by atoms with Gasteiger partial charge in [-0.2, -0.15) is 0 Å². The van der Waals surface area contributed by atoms with Crippen LogP contribution in [0.4, 0.5) is 4.39 Å². The van der Waals surface area contributed by atoms with Crippen LogP contribution in [-0.4, -0.2) is 56.4 Å². The lowest BCUT2D eigenvalue weighted by Crippen LogP contribution is -2.51. The second-order valence-corrected chi connectivity index (χ2v) is 9.73. The van der Waals surface area contributed by atoms with Crippen molar-refractivity contribution < 1.29 is 28.2 Å². The maximum absolute atomic E-state index is 13.4. The van der Waals surface area contributed by atoms with E-state index in [9.17, 15) is 14.0 Å². The Bertz CT molecular complexity index is 1100. The maximum atomic E-state index is 13.4. The molecule has 0 spiro atoms. The minimum Gasteiger partial charge on any atom is -0.484 e. The van der Waals surface area contributed by atoms with E-state index in [0.29, 0.717) is 43.4 Å². The molecule has 2 aliphatic heterocycles. The summed E-state index contributed by atoms with van der Waals surface area (Å²) in [6, 6.07) is 9.29. The minimum atomic E-state index is -0.664. The number of hydrogen-bond donors (Lipinski definition) is 3. The second-order valence-electron chi connectivity index (χ2n) is 8.89. The number of amides is 2. The van der Waals surface area contributed by atoms with Crippen LogP contribution in [0.3, 0.4) is 0 Å². The van der Waals surface area contributed by atoms with E-state index in [1.54, 1.807) is 12.1 Å². The summed E-state index contributed by atoms with van der Waals surface area (Å²) in [5.41, 5.74) is 0.928. The fourth-order valence-electron chi connectivity index (χ4n) is 3.98. The molecule has 1 fully saturated rings. The van der Waals surface area contributed by atoms with Gasteiger partial charge in [0.05, 0.1) is 24.3 Å². The van der Waals surface area contributed by atoms with Gasteiger partial charge in [0.25, 0.3) is 11.8 Å². The zero-order valence-electron chi connectivity index (χ0n) is 19.7. The third-order valence-corrected chi connectivity index (χ3v) is 6.52. The van der Waals surface area contributed by atoms with E-state index in [4.69, 9.17) is 37.4 Å². The molecule has 36 heavy (non-hydrogen) atoms. The topological polar surface area (TPSA) is 97.9 Å². The summed E-state index contributed by atoms with van der Waals surface area (Å²) in [6.45, 7) is 3.19. The van der Waals surface area contributed by atoms with Gasteiger partial charge >= 0.3 is 0 Å². The Labute approximate surface area is 218 Å². The van der Waals surface area contributed by atoms with Gasteiger partial charge in [0.1, 0.15) is 17.3 Å². The first-order valence-electron chi connectivity index (χ1n) is 11.7. The van der Waals surface area contributed by atoms with Crippen LogP contribution < -0.4 is 25.4 Å². The largest absolute Gasteiger partial charge is 0.484 e. The lowest BCUT2D eigenvalue weighted by molar-refractivity contribution is -0.130. The molecular formula is C25H28Cl2FN3O5. The molecule has 4 rings (SSSR count). The van der Waals surface area contributed by atoms with E-state index in [1.807, 2.05) is 13.0 Å². The van der Waals surface area contributed by atoms with Crippen LogP contribution in [0.1, 0.15) is 31.4 Å². The quantitative estimate of drug-likeness (QED) is 0.428. The van der Waals surface area contributed by atoms with Crippen molar-refractivity contribution in [2.45, 2.75) is 44.0 Å². The minimum absolute atomic E-state index is 0.0187. The first-order chi connectivity index (χ1) is 17.3. The average Bonchev–Trinajstić information content (AvgIpc) is 2.82. The Morgan fingerprint density at radius 2 is 2.00 bits per heavy atom. The number of rotatable bonds is 10. The lowest BCUT2D eigenvalue weighted by Gasteiger charge is -2.37. The Kier molecular flexibility index (Phi) is 8.90. The SMILES string of the molecule is CC(CCNC(=O)COc1ccc(Cl)c(F)c1)NC(=O)C1CC(NC2COC2)c2cc(Cl)ccc2O1. The van der Waals surface area contributed by atoms with Gasteiger partial charge in [0.15, 0.2) is 12.7 Å². The summed E-state index contributed by atoms with van der Waals surface area (Å²) in [4.78, 5) is 25.0. The number of benzene rings is 2. The molecule has 1 saturated heterocycles. The summed E-state index contributed by atoms with van der Waals surface area (Å²) in [7, 11) is 0. The van der Waals surface area contributed by atoms with E-state index in [0.717, 1.165) is 11.6 Å². The van der Waals surface area contributed by atoms with Crippen LogP contribution in [0.5, 0.6) is 11.5 Å². The van der Waals surface area contributed by atoms with Gasteiger partial charge in [-0.3, -0.25) is 9.59 Å². The Balaban J connectivity index is 1.22. The molecule has 2 heterocycles. The van der Waals surface area contributed by atoms with Crippen molar-refractivity contribution in [3.63, 3.8) is 0 Å². The van der Waals surface area contributed by atoms with Gasteiger partial charge in [-0.05, 0) is 43.7 Å². The van der Waals surface area contributed by atoms with Crippen LogP contribution in [0.2, 0.25) is 10.0 Å². The number of ether oxygens (including phenoxy) is 3. The first kappa shape index (κ1) is 26.5. The highest BCUT2D eigenvalue weighted by Gasteiger charge is 2.35. The summed E-state index contributed by atoms with van der Waals surface area (Å²) >= 11 is 11.8. The summed E-state index contributed by atoms with van der Waals surface area (Å²) in [5, 5.41) is 9.79. The smallest absolute Gasteiger partial charge is 0.261 e. The van der Waals surface area contributed by atoms with E-state index in [-0.39, 0.29) is 47.3 Å². The molecule has 2 amide bonds. The zero-order valence-corrected chi connectivity index (χ0v) is 21.2. The van der Waals surface area contributed by atoms with Crippen molar-refractivity contribution in [3.8, 4) is 11.5 Å². The zero-order chi connectivity index (χ0) is 25.7. The average molecular weight is 540 g/mol. The highest BCUT2D eigenvalue weighted by Crippen LogP contribution is 2.37. The maximum Gasteiger partial charge on any atom is 0.261 e. The molecule has 3 N–H and O–H groups in total. The Hall–Kier alpha value is -2.59. The Morgan fingerprint density at radius 1 is 1.19 bits per heavy atom. The summed E-state index contributed by atoms with van der Waals surface area (Å²) < 4.78 is 30.0. The van der Waals surface area contributed by atoms with Crippen LogP contribution in [0, 0.1) is 5.82 Å². The molecule has 8 nitrogen and oxygen atoms in total. The van der Waals surface area contributed by atoms with Gasteiger partial charge in [0.2, 0.25) is 0 Å². The first-order valence-corrected chi connectivity index (χ1v) is 12.5. The van der Waals surface area contributed by atoms with Gasteiger partial charge < -0.3 is 30.2 Å². The normalized spacial score (nSPS) is 19.9. The number of fused-ring (bicyclic) bond motifs is 1. The van der Waals surface area contributed by atoms with Gasteiger partial charge in [-0.25, -0.2) is 4.39 Å². The van der Waals surface area contributed by atoms with E-state index < -0.39 is 11.9 Å². The van der Waals surface area contributed by atoms with Crippen molar-refractivity contribution in [3.05, 3.63) is 57.8 Å². The van der Waals surface area contributed by atoms with Gasteiger partial charge in [0, 0.05) is 41.7 Å². The van der Waals surface area contributed by atoms with Crippen molar-refractivity contribution in [1.82, 2.24) is 16.0 Å². The molecule has 0 aliphatic carbocycles. The highest BCUT2D eigenvalue weighted by molar-refractivity contribution is 6.31. The summed E-state index contributed by atoms with van der Waals surface area (Å²) in [5.74, 6) is -0.360. The number of nitrogens with one attached hydrogen (secondary N) is 3. The molecule has 3 atom stereocenters. The molecule has 2 aromatic rings. The number of hydrogen-bond acceptors (Lipinski definition) is 6. The van der Waals surface area contributed by atoms with Crippen molar-refractivity contribution in [1.29, 1.82) is 0 Å². The van der Waals surface area contributed by atoms with Crippen molar-refractivity contribution >= 4 is 35.0 Å². The third kappa shape index (κ3) is 7.00. The predicted molar refractivity (Wildman–Crippen MR) is 133 cm³/mol. The van der Waals surface area contributed by atoms with E-state index in [1.165, 1.54) is 12.1 Å². The third-order valence-electron chi connectivity index (χ3n) is 5.98. The van der Waals surface area contributed by atoms with E-state index >= 15 is 0 Å². The van der Waals surface area contributed by atoms with E-state index in [2.05, 4.69) is 16.0 Å². The second kappa shape index (κ2) is 12.1. The van der Waals surface area contributed by atoms with Gasteiger partial charge in [-0.1, -0.05) is 23.2 Å². The molecular weight excluding hydrogens is 512 g/mol. The highest BCUT2D eigenvalue weighted by atomic mass is 35.5. The molecule has 0 saturated carbocycles. The molecule has 0 radical (unpaired) electrons. The van der Waals surface area contributed by atoms with Crippen molar-refractivity contribution in [2.24, 2.45) is 0 Å². The molecule has 194 valence electrons. The standard InChI is InChI=1S/C25H28Cl2FN3O5/c1-14(6-7-29-24(32)13-35-17-3-4-19(27)20(28)9-17)30-25(33)23-10-21(31-16-11-34-12-16)18-8-15(26)2-5-22(18)36-23/h2-5,8-9,14,16,21,23,31H,6-7,10-13H2,1H3,(H,29,32)(H,30,33). The lowest BCUT2D eigenvalue weighted by atomic mass is 9.94. The molecule has 0 aromatic heterocycles. The molecule has 0 bridgehead atoms. The van der Waals surface area contributed by atoms with Gasteiger partial charge in [-0.15, -0.1) is 0 Å². The number of halogens is 3.